The molecule has 1 aliphatic carbocycles. The minimum atomic E-state index is -0.179. The zero-order valence-corrected chi connectivity index (χ0v) is 10.6. The van der Waals surface area contributed by atoms with Crippen LogP contribution in [0.3, 0.4) is 0 Å². The molecule has 0 aliphatic heterocycles. The van der Waals surface area contributed by atoms with Crippen LogP contribution in [0.1, 0.15) is 29.5 Å². The Morgan fingerprint density at radius 3 is 2.89 bits per heavy atom. The monoisotopic (exact) mass is 249 g/mol. The van der Waals surface area contributed by atoms with Gasteiger partial charge in [-0.1, -0.05) is 6.07 Å². The van der Waals surface area contributed by atoms with Crippen molar-refractivity contribution >= 4 is 5.97 Å². The van der Waals surface area contributed by atoms with Crippen LogP contribution >= 0.6 is 0 Å². The van der Waals surface area contributed by atoms with E-state index in [2.05, 4.69) is 4.74 Å². The maximum atomic E-state index is 11.1. The van der Waals surface area contributed by atoms with Gasteiger partial charge in [-0.2, -0.15) is 0 Å². The molecule has 18 heavy (non-hydrogen) atoms. The molecule has 1 aliphatic rings. The number of hydrogen-bond acceptors (Lipinski definition) is 4. The predicted octanol–water partition coefficient (Wildman–Crippen LogP) is 1.31. The van der Waals surface area contributed by atoms with Gasteiger partial charge >= 0.3 is 5.97 Å². The van der Waals surface area contributed by atoms with Crippen molar-refractivity contribution in [3.8, 4) is 5.75 Å². The van der Waals surface area contributed by atoms with Crippen molar-refractivity contribution in [3.05, 3.63) is 28.8 Å². The highest BCUT2D eigenvalue weighted by molar-refractivity contribution is 5.69. The largest absolute Gasteiger partial charge is 0.508 e. The molecule has 0 amide bonds. The van der Waals surface area contributed by atoms with Crippen molar-refractivity contribution in [1.29, 1.82) is 0 Å². The Bertz CT molecular complexity index is 457. The first-order chi connectivity index (χ1) is 8.61. The Labute approximate surface area is 107 Å². The molecule has 0 aromatic heterocycles. The molecule has 3 N–H and O–H groups in total. The number of methoxy groups -OCH3 is 1. The van der Waals surface area contributed by atoms with Crippen LogP contribution in [-0.4, -0.2) is 24.2 Å². The van der Waals surface area contributed by atoms with Crippen LogP contribution in [0.25, 0.3) is 0 Å². The summed E-state index contributed by atoms with van der Waals surface area (Å²) in [5.74, 6) is 0.164. The quantitative estimate of drug-likeness (QED) is 0.789. The molecule has 0 fully saturated rings. The zero-order chi connectivity index (χ0) is 13.1. The third kappa shape index (κ3) is 2.64. The fourth-order valence-electron chi connectivity index (χ4n) is 2.57. The molecule has 1 aromatic rings. The number of benzene rings is 1. The SMILES string of the molecule is COC(=O)CCCc1ccc(O)c2c1CC(N)C2. The average molecular weight is 249 g/mol. The van der Waals surface area contributed by atoms with E-state index < -0.39 is 0 Å². The molecule has 2 rings (SSSR count). The van der Waals surface area contributed by atoms with E-state index in [0.29, 0.717) is 12.2 Å². The van der Waals surface area contributed by atoms with Gasteiger partial charge in [-0.15, -0.1) is 0 Å². The van der Waals surface area contributed by atoms with Gasteiger partial charge in [-0.25, -0.2) is 0 Å². The number of rotatable bonds is 4. The fourth-order valence-corrected chi connectivity index (χ4v) is 2.57. The lowest BCUT2D eigenvalue weighted by molar-refractivity contribution is -0.140. The lowest BCUT2D eigenvalue weighted by atomic mass is 9.98. The molecule has 0 heterocycles. The van der Waals surface area contributed by atoms with Gasteiger partial charge < -0.3 is 15.6 Å². The fraction of sp³-hybridized carbons (Fsp3) is 0.500. The summed E-state index contributed by atoms with van der Waals surface area (Å²) in [5, 5.41) is 9.80. The third-order valence-electron chi connectivity index (χ3n) is 3.49. The molecule has 0 bridgehead atoms. The summed E-state index contributed by atoms with van der Waals surface area (Å²) in [5.41, 5.74) is 9.29. The number of carbonyl (C=O) groups excluding carboxylic acids is 1. The summed E-state index contributed by atoms with van der Waals surface area (Å²) in [6, 6.07) is 3.76. The number of ether oxygens (including phenoxy) is 1. The number of phenolic OH excluding ortho intramolecular Hbond substituents is 1. The maximum absolute atomic E-state index is 11.1. The van der Waals surface area contributed by atoms with E-state index in [1.54, 1.807) is 6.07 Å². The van der Waals surface area contributed by atoms with Crippen molar-refractivity contribution in [3.63, 3.8) is 0 Å². The Kier molecular flexibility index (Phi) is 3.87. The first-order valence-electron chi connectivity index (χ1n) is 6.26. The predicted molar refractivity (Wildman–Crippen MR) is 68.4 cm³/mol. The molecular weight excluding hydrogens is 230 g/mol. The van der Waals surface area contributed by atoms with Crippen LogP contribution in [0.2, 0.25) is 0 Å². The summed E-state index contributed by atoms with van der Waals surface area (Å²) in [6.07, 6.45) is 3.57. The van der Waals surface area contributed by atoms with Gasteiger partial charge in [-0.3, -0.25) is 4.79 Å². The highest BCUT2D eigenvalue weighted by atomic mass is 16.5. The topological polar surface area (TPSA) is 72.5 Å². The minimum Gasteiger partial charge on any atom is -0.508 e. The van der Waals surface area contributed by atoms with Crippen molar-refractivity contribution in [2.75, 3.05) is 7.11 Å². The molecule has 1 unspecified atom stereocenters. The van der Waals surface area contributed by atoms with Crippen LogP contribution in [0.15, 0.2) is 12.1 Å². The van der Waals surface area contributed by atoms with Crippen molar-refractivity contribution in [2.24, 2.45) is 5.73 Å². The Hall–Kier alpha value is -1.55. The van der Waals surface area contributed by atoms with E-state index in [1.807, 2.05) is 6.07 Å². The lowest BCUT2D eigenvalue weighted by Crippen LogP contribution is -2.19. The first-order valence-corrected chi connectivity index (χ1v) is 6.26. The van der Waals surface area contributed by atoms with E-state index in [9.17, 15) is 9.90 Å². The second-order valence-electron chi connectivity index (χ2n) is 4.80. The second kappa shape index (κ2) is 5.40. The Morgan fingerprint density at radius 2 is 2.17 bits per heavy atom. The number of nitrogens with two attached hydrogens (primary N) is 1. The van der Waals surface area contributed by atoms with E-state index in [-0.39, 0.29) is 12.0 Å². The third-order valence-corrected chi connectivity index (χ3v) is 3.49. The zero-order valence-electron chi connectivity index (χ0n) is 10.6. The first kappa shape index (κ1) is 12.9. The Morgan fingerprint density at radius 1 is 1.44 bits per heavy atom. The van der Waals surface area contributed by atoms with Gasteiger partial charge in [0, 0.05) is 12.5 Å². The highest BCUT2D eigenvalue weighted by Gasteiger charge is 2.23. The van der Waals surface area contributed by atoms with Crippen molar-refractivity contribution in [2.45, 2.75) is 38.1 Å². The van der Waals surface area contributed by atoms with Crippen LogP contribution in [0, 0.1) is 0 Å². The van der Waals surface area contributed by atoms with E-state index in [1.165, 1.54) is 18.2 Å². The highest BCUT2D eigenvalue weighted by Crippen LogP contribution is 2.32. The summed E-state index contributed by atoms with van der Waals surface area (Å²) in [6.45, 7) is 0. The lowest BCUT2D eigenvalue weighted by Gasteiger charge is -2.09. The van der Waals surface area contributed by atoms with Gasteiger partial charge in [0.2, 0.25) is 0 Å². The number of aromatic hydroxyl groups is 1. The molecule has 4 heteroatoms. The summed E-state index contributed by atoms with van der Waals surface area (Å²) < 4.78 is 4.62. The maximum Gasteiger partial charge on any atom is 0.305 e. The van der Waals surface area contributed by atoms with E-state index >= 15 is 0 Å². The van der Waals surface area contributed by atoms with Crippen LogP contribution in [0.4, 0.5) is 0 Å². The molecule has 98 valence electrons. The Balaban J connectivity index is 2.06. The van der Waals surface area contributed by atoms with Crippen molar-refractivity contribution < 1.29 is 14.6 Å². The number of aryl methyl sites for hydroxylation is 1. The van der Waals surface area contributed by atoms with Crippen LogP contribution in [0.5, 0.6) is 5.75 Å². The van der Waals surface area contributed by atoms with Gasteiger partial charge in [0.05, 0.1) is 7.11 Å². The molecule has 0 saturated heterocycles. The van der Waals surface area contributed by atoms with Gasteiger partial charge in [0.25, 0.3) is 0 Å². The number of fused-ring (bicyclic) bond motifs is 1. The van der Waals surface area contributed by atoms with Crippen LogP contribution < -0.4 is 5.73 Å². The summed E-state index contributed by atoms with van der Waals surface area (Å²) in [7, 11) is 1.40. The molecule has 4 nitrogen and oxygen atoms in total. The number of esters is 1. The molecule has 1 aromatic carbocycles. The summed E-state index contributed by atoms with van der Waals surface area (Å²) in [4.78, 5) is 11.1. The standard InChI is InChI=1S/C14H19NO3/c1-18-14(17)4-2-3-9-5-6-13(16)12-8-10(15)7-11(9)12/h5-6,10,16H,2-4,7-8,15H2,1H3. The van der Waals surface area contributed by atoms with E-state index in [4.69, 9.17) is 5.73 Å². The van der Waals surface area contributed by atoms with Crippen LogP contribution in [-0.2, 0) is 28.8 Å². The smallest absolute Gasteiger partial charge is 0.305 e. The molecule has 0 radical (unpaired) electrons. The number of phenols is 1. The molecule has 0 saturated carbocycles. The van der Waals surface area contributed by atoms with Crippen molar-refractivity contribution in [1.82, 2.24) is 0 Å². The van der Waals surface area contributed by atoms with Gasteiger partial charge in [-0.05, 0) is 48.4 Å². The van der Waals surface area contributed by atoms with Gasteiger partial charge in [0.1, 0.15) is 5.75 Å². The molecule has 1 atom stereocenters. The molecule has 0 spiro atoms. The average Bonchev–Trinajstić information content (AvgIpc) is 2.74. The van der Waals surface area contributed by atoms with E-state index in [0.717, 1.165) is 31.2 Å². The number of hydrogen-bond donors (Lipinski definition) is 2. The summed E-state index contributed by atoms with van der Waals surface area (Å²) >= 11 is 0. The van der Waals surface area contributed by atoms with Gasteiger partial charge in [0.15, 0.2) is 0 Å². The minimum absolute atomic E-state index is 0.104. The second-order valence-corrected chi connectivity index (χ2v) is 4.80. The number of carbonyl (C=O) groups is 1. The molecular formula is C14H19NO3. The normalized spacial score (nSPS) is 17.6.